The van der Waals surface area contributed by atoms with E-state index in [9.17, 15) is 14.7 Å². The van der Waals surface area contributed by atoms with Crippen molar-refractivity contribution in [3.63, 3.8) is 0 Å². The number of fused-ring (bicyclic) bond motifs is 1. The third kappa shape index (κ3) is 5.97. The average Bonchev–Trinajstić information content (AvgIpc) is 3.72. The number of oxazole rings is 1. The lowest BCUT2D eigenvalue weighted by molar-refractivity contribution is -0.143. The molecular formula is C30H36N4O6. The zero-order valence-electron chi connectivity index (χ0n) is 22.7. The highest BCUT2D eigenvalue weighted by Gasteiger charge is 2.47. The normalized spacial score (nSPS) is 20.1. The first kappa shape index (κ1) is 27.7. The second-order valence-electron chi connectivity index (χ2n) is 10.3. The van der Waals surface area contributed by atoms with Crippen molar-refractivity contribution in [1.82, 2.24) is 9.88 Å². The van der Waals surface area contributed by atoms with Crippen LogP contribution in [0.1, 0.15) is 49.1 Å². The number of ether oxygens (including phenoxy) is 2. The Balaban J connectivity index is 1.43. The van der Waals surface area contributed by atoms with Gasteiger partial charge in [0, 0.05) is 43.7 Å². The van der Waals surface area contributed by atoms with E-state index in [1.807, 2.05) is 47.4 Å². The maximum absolute atomic E-state index is 13.9. The molecule has 10 heteroatoms. The zero-order valence-corrected chi connectivity index (χ0v) is 22.7. The van der Waals surface area contributed by atoms with E-state index in [1.165, 1.54) is 6.26 Å². The second kappa shape index (κ2) is 12.5. The molecule has 5 rings (SSSR count). The van der Waals surface area contributed by atoms with Gasteiger partial charge in [-0.3, -0.25) is 14.5 Å². The van der Waals surface area contributed by atoms with E-state index in [4.69, 9.17) is 19.6 Å². The maximum Gasteiger partial charge on any atom is 0.308 e. The standard InChI is InChI=1S/C30H36N4O6/c1-2-3-12-34(22-6-4-5-20(14-22)16-31)28(35)18-33-17-23(21-7-9-25-26(15-21)40-19-39-25)29(30(36)37)24(33)8-10-27-32-11-13-38-27/h4-7,9,11,13-15,23-24,29H,2-3,8,10,12,16-19,31H2,1H3,(H,36,37). The molecule has 1 saturated heterocycles. The van der Waals surface area contributed by atoms with Crippen LogP contribution in [-0.2, 0) is 22.6 Å². The Morgan fingerprint density at radius 3 is 2.77 bits per heavy atom. The van der Waals surface area contributed by atoms with Gasteiger partial charge < -0.3 is 29.6 Å². The predicted octanol–water partition coefficient (Wildman–Crippen LogP) is 3.80. The number of nitrogens with zero attached hydrogens (tertiary/aromatic N) is 3. The van der Waals surface area contributed by atoms with Crippen molar-refractivity contribution in [3.8, 4) is 11.5 Å². The van der Waals surface area contributed by atoms with Crippen LogP contribution in [0.2, 0.25) is 0 Å². The number of hydrogen-bond acceptors (Lipinski definition) is 8. The molecule has 40 heavy (non-hydrogen) atoms. The summed E-state index contributed by atoms with van der Waals surface area (Å²) in [7, 11) is 0. The Labute approximate surface area is 233 Å². The Morgan fingerprint density at radius 2 is 2.02 bits per heavy atom. The van der Waals surface area contributed by atoms with Crippen LogP contribution in [0.4, 0.5) is 5.69 Å². The summed E-state index contributed by atoms with van der Waals surface area (Å²) in [6, 6.07) is 12.9. The first-order valence-corrected chi connectivity index (χ1v) is 13.8. The quantitative estimate of drug-likeness (QED) is 0.347. The number of aromatic nitrogens is 1. The van der Waals surface area contributed by atoms with Crippen LogP contribution in [-0.4, -0.2) is 59.3 Å². The van der Waals surface area contributed by atoms with E-state index in [-0.39, 0.29) is 25.2 Å². The van der Waals surface area contributed by atoms with Gasteiger partial charge in [-0.05, 0) is 48.2 Å². The van der Waals surface area contributed by atoms with Gasteiger partial charge in [-0.1, -0.05) is 31.5 Å². The molecule has 0 radical (unpaired) electrons. The molecule has 2 aliphatic heterocycles. The topological polar surface area (TPSA) is 131 Å². The lowest BCUT2D eigenvalue weighted by atomic mass is 9.83. The molecule has 3 atom stereocenters. The van der Waals surface area contributed by atoms with E-state index in [2.05, 4.69) is 11.9 Å². The van der Waals surface area contributed by atoms with Crippen LogP contribution in [0.3, 0.4) is 0 Å². The summed E-state index contributed by atoms with van der Waals surface area (Å²) < 4.78 is 16.5. The number of amides is 1. The van der Waals surface area contributed by atoms with Crippen molar-refractivity contribution in [2.45, 2.75) is 51.1 Å². The fourth-order valence-electron chi connectivity index (χ4n) is 5.81. The number of carbonyl (C=O) groups is 2. The molecular weight excluding hydrogens is 512 g/mol. The van der Waals surface area contributed by atoms with Crippen LogP contribution in [0.25, 0.3) is 0 Å². The monoisotopic (exact) mass is 548 g/mol. The number of hydrogen-bond donors (Lipinski definition) is 2. The number of aryl methyl sites for hydroxylation is 1. The number of carboxylic acid groups (broad SMARTS) is 1. The van der Waals surface area contributed by atoms with Crippen molar-refractivity contribution in [2.75, 3.05) is 31.3 Å². The first-order valence-electron chi connectivity index (χ1n) is 13.8. The minimum atomic E-state index is -0.895. The van der Waals surface area contributed by atoms with Gasteiger partial charge in [-0.25, -0.2) is 4.98 Å². The Kier molecular flexibility index (Phi) is 8.66. The van der Waals surface area contributed by atoms with Gasteiger partial charge in [-0.15, -0.1) is 0 Å². The summed E-state index contributed by atoms with van der Waals surface area (Å²) in [5, 5.41) is 10.5. The van der Waals surface area contributed by atoms with Crippen molar-refractivity contribution in [1.29, 1.82) is 0 Å². The summed E-state index contributed by atoms with van der Waals surface area (Å²) in [5.41, 5.74) is 8.48. The largest absolute Gasteiger partial charge is 0.481 e. The van der Waals surface area contributed by atoms with Crippen molar-refractivity contribution >= 4 is 17.6 Å². The minimum absolute atomic E-state index is 0.0702. The summed E-state index contributed by atoms with van der Waals surface area (Å²) >= 11 is 0. The molecule has 1 aromatic heterocycles. The number of likely N-dealkylation sites (tertiary alicyclic amines) is 1. The fraction of sp³-hybridized carbons (Fsp3) is 0.433. The zero-order chi connectivity index (χ0) is 28.1. The predicted molar refractivity (Wildman–Crippen MR) is 148 cm³/mol. The van der Waals surface area contributed by atoms with Crippen LogP contribution in [0, 0.1) is 5.92 Å². The van der Waals surface area contributed by atoms with E-state index in [0.717, 1.165) is 29.7 Å². The number of carbonyl (C=O) groups excluding carboxylic acids is 1. The number of anilines is 1. The van der Waals surface area contributed by atoms with Crippen LogP contribution in [0.15, 0.2) is 59.3 Å². The second-order valence-corrected chi connectivity index (χ2v) is 10.3. The van der Waals surface area contributed by atoms with Crippen LogP contribution in [0.5, 0.6) is 11.5 Å². The summed E-state index contributed by atoms with van der Waals surface area (Å²) in [4.78, 5) is 34.7. The molecule has 0 spiro atoms. The molecule has 3 heterocycles. The number of carboxylic acids is 1. The third-order valence-electron chi connectivity index (χ3n) is 7.83. The maximum atomic E-state index is 13.9. The summed E-state index contributed by atoms with van der Waals surface area (Å²) in [6.07, 6.45) is 5.84. The lowest BCUT2D eigenvalue weighted by Gasteiger charge is -2.30. The van der Waals surface area contributed by atoms with Crippen LogP contribution < -0.4 is 20.1 Å². The van der Waals surface area contributed by atoms with Crippen molar-refractivity contribution in [3.05, 3.63) is 71.9 Å². The molecule has 1 fully saturated rings. The molecule has 3 unspecified atom stereocenters. The van der Waals surface area contributed by atoms with E-state index in [1.54, 1.807) is 11.1 Å². The van der Waals surface area contributed by atoms with Gasteiger partial charge in [0.1, 0.15) is 6.26 Å². The van der Waals surface area contributed by atoms with Crippen molar-refractivity contribution < 1.29 is 28.6 Å². The van der Waals surface area contributed by atoms with Gasteiger partial charge >= 0.3 is 5.97 Å². The number of benzene rings is 2. The molecule has 10 nitrogen and oxygen atoms in total. The van der Waals surface area contributed by atoms with Crippen LogP contribution >= 0.6 is 0 Å². The number of rotatable bonds is 12. The molecule has 1 amide bonds. The fourth-order valence-corrected chi connectivity index (χ4v) is 5.81. The minimum Gasteiger partial charge on any atom is -0.481 e. The molecule has 2 aliphatic rings. The van der Waals surface area contributed by atoms with Gasteiger partial charge in [0.25, 0.3) is 0 Å². The van der Waals surface area contributed by atoms with Gasteiger partial charge in [0.2, 0.25) is 12.7 Å². The Hall–Kier alpha value is -3.89. The Bertz CT molecular complexity index is 1310. The molecule has 2 aromatic carbocycles. The van der Waals surface area contributed by atoms with Gasteiger partial charge in [0.15, 0.2) is 17.4 Å². The molecule has 212 valence electrons. The van der Waals surface area contributed by atoms with Gasteiger partial charge in [-0.2, -0.15) is 0 Å². The molecule has 3 N–H and O–H groups in total. The molecule has 0 bridgehead atoms. The highest BCUT2D eigenvalue weighted by molar-refractivity contribution is 5.95. The van der Waals surface area contributed by atoms with E-state index >= 15 is 0 Å². The van der Waals surface area contributed by atoms with Crippen molar-refractivity contribution in [2.24, 2.45) is 11.7 Å². The highest BCUT2D eigenvalue weighted by atomic mass is 16.7. The molecule has 3 aromatic rings. The Morgan fingerprint density at radius 1 is 1.18 bits per heavy atom. The number of aliphatic carboxylic acids is 1. The molecule has 0 aliphatic carbocycles. The number of nitrogens with two attached hydrogens (primary N) is 1. The smallest absolute Gasteiger partial charge is 0.308 e. The van der Waals surface area contributed by atoms with Gasteiger partial charge in [0.05, 0.1) is 18.7 Å². The lowest BCUT2D eigenvalue weighted by Crippen LogP contribution is -2.44. The molecule has 0 saturated carbocycles. The third-order valence-corrected chi connectivity index (χ3v) is 7.83. The summed E-state index contributed by atoms with van der Waals surface area (Å²) in [6.45, 7) is 3.71. The summed E-state index contributed by atoms with van der Waals surface area (Å²) in [5.74, 6) is -0.227. The SMILES string of the molecule is CCCCN(C(=O)CN1CC(c2ccc3c(c2)OCO3)C(C(=O)O)C1CCc1ncco1)c1cccc(CN)c1. The highest BCUT2D eigenvalue weighted by Crippen LogP contribution is 2.43. The van der Waals surface area contributed by atoms with E-state index < -0.39 is 17.9 Å². The first-order chi connectivity index (χ1) is 19.5. The average molecular weight is 549 g/mol. The number of unbranched alkanes of at least 4 members (excludes halogenated alkanes) is 1. The van der Waals surface area contributed by atoms with E-state index in [0.29, 0.717) is 49.9 Å².